The molecular weight excluding hydrogens is 422 g/mol. The van der Waals surface area contributed by atoms with Gasteiger partial charge in [0.2, 0.25) is 5.91 Å². The van der Waals surface area contributed by atoms with E-state index in [4.69, 9.17) is 9.72 Å². The number of fused-ring (bicyclic) bond motifs is 1. The normalized spacial score (nSPS) is 28.9. The smallest absolute Gasteiger partial charge is 0.356 e. The Morgan fingerprint density at radius 3 is 2.97 bits per heavy atom. The predicted molar refractivity (Wildman–Crippen MR) is 117 cm³/mol. The second-order valence-corrected chi connectivity index (χ2v) is 9.96. The Morgan fingerprint density at radius 2 is 2.33 bits per heavy atom. The van der Waals surface area contributed by atoms with Crippen molar-refractivity contribution in [1.82, 2.24) is 15.2 Å². The zero-order valence-corrected chi connectivity index (χ0v) is 18.8. The van der Waals surface area contributed by atoms with E-state index >= 15 is 0 Å². The molecular formula is C21H25N3O4S2. The maximum atomic E-state index is 12.8. The number of β-lactam (4-membered cyclic amide) rings is 1. The quantitative estimate of drug-likeness (QED) is 0.377. The third-order valence-corrected chi connectivity index (χ3v) is 7.93. The maximum Gasteiger partial charge on any atom is 0.356 e. The van der Waals surface area contributed by atoms with Crippen LogP contribution in [0.1, 0.15) is 26.5 Å². The first kappa shape index (κ1) is 21.3. The zero-order chi connectivity index (χ0) is 21.6. The Bertz CT molecular complexity index is 952. The molecule has 0 bridgehead atoms. The molecule has 1 aromatic heterocycles. The second-order valence-electron chi connectivity index (χ2n) is 7.82. The number of carbonyl (C=O) groups is 2. The zero-order valence-electron chi connectivity index (χ0n) is 17.1. The van der Waals surface area contributed by atoms with Crippen molar-refractivity contribution in [3.8, 4) is 0 Å². The standard InChI is InChI=1S/C21H25N3O4S2/c1-5-6-28-20(27)17-18(11(3)16-15(12(4)25)19(26)24(16)17)30-21-23-14(9-29-21)13-7-10(2)22-8-13/h5,7,9-12,15-16,22,25H,1,6,8H2,2-4H3/t10-,11+,12+,15+,16+/m0/s1. The van der Waals surface area contributed by atoms with Gasteiger partial charge in [-0.25, -0.2) is 9.78 Å². The fourth-order valence-electron chi connectivity index (χ4n) is 4.26. The molecule has 1 aromatic rings. The first-order chi connectivity index (χ1) is 14.3. The monoisotopic (exact) mass is 447 g/mol. The van der Waals surface area contributed by atoms with Gasteiger partial charge >= 0.3 is 5.97 Å². The van der Waals surface area contributed by atoms with Crippen molar-refractivity contribution in [3.05, 3.63) is 40.4 Å². The van der Waals surface area contributed by atoms with Crippen LogP contribution in [-0.2, 0) is 14.3 Å². The molecule has 4 rings (SSSR count). The summed E-state index contributed by atoms with van der Waals surface area (Å²) in [6.07, 6.45) is 2.89. The van der Waals surface area contributed by atoms with Crippen molar-refractivity contribution in [2.75, 3.05) is 13.2 Å². The van der Waals surface area contributed by atoms with Gasteiger partial charge < -0.3 is 20.1 Å². The average molecular weight is 448 g/mol. The van der Waals surface area contributed by atoms with Crippen LogP contribution in [0.3, 0.4) is 0 Å². The molecule has 160 valence electrons. The topological polar surface area (TPSA) is 91.8 Å². The van der Waals surface area contributed by atoms with Crippen molar-refractivity contribution >= 4 is 40.5 Å². The highest BCUT2D eigenvalue weighted by atomic mass is 32.2. The minimum absolute atomic E-state index is 0.0714. The molecule has 0 spiro atoms. The maximum absolute atomic E-state index is 12.8. The van der Waals surface area contributed by atoms with Gasteiger partial charge in [-0.2, -0.15) is 0 Å². The van der Waals surface area contributed by atoms with Gasteiger partial charge in [-0.15, -0.1) is 11.3 Å². The Kier molecular flexibility index (Phi) is 5.89. The fourth-order valence-corrected chi connectivity index (χ4v) is 6.37. The number of hydrogen-bond donors (Lipinski definition) is 2. The highest BCUT2D eigenvalue weighted by molar-refractivity contribution is 8.04. The predicted octanol–water partition coefficient (Wildman–Crippen LogP) is 2.41. The second kappa shape index (κ2) is 8.30. The van der Waals surface area contributed by atoms with Crippen molar-refractivity contribution in [2.24, 2.45) is 11.8 Å². The van der Waals surface area contributed by atoms with E-state index < -0.39 is 18.0 Å². The summed E-state index contributed by atoms with van der Waals surface area (Å²) in [5.74, 6) is -1.39. The van der Waals surface area contributed by atoms with Crippen LogP contribution in [0, 0.1) is 11.8 Å². The molecule has 1 saturated heterocycles. The Labute approximate surface area is 183 Å². The lowest BCUT2D eigenvalue weighted by molar-refractivity contribution is -0.164. The van der Waals surface area contributed by atoms with Crippen LogP contribution in [0.15, 0.2) is 39.1 Å². The number of aliphatic hydroxyl groups excluding tert-OH is 1. The number of aromatic nitrogens is 1. The van der Waals surface area contributed by atoms with Crippen molar-refractivity contribution < 1.29 is 19.4 Å². The van der Waals surface area contributed by atoms with E-state index in [0.717, 1.165) is 27.1 Å². The van der Waals surface area contributed by atoms with Gasteiger partial charge in [-0.3, -0.25) is 4.79 Å². The Morgan fingerprint density at radius 1 is 1.57 bits per heavy atom. The first-order valence-corrected chi connectivity index (χ1v) is 11.6. The number of nitrogens with one attached hydrogen (secondary N) is 1. The van der Waals surface area contributed by atoms with Crippen LogP contribution in [0.4, 0.5) is 0 Å². The largest absolute Gasteiger partial charge is 0.457 e. The van der Waals surface area contributed by atoms with Gasteiger partial charge in [-0.05, 0) is 19.4 Å². The summed E-state index contributed by atoms with van der Waals surface area (Å²) in [5, 5.41) is 15.4. The van der Waals surface area contributed by atoms with E-state index in [1.807, 2.05) is 12.3 Å². The van der Waals surface area contributed by atoms with E-state index in [-0.39, 0.29) is 30.2 Å². The highest BCUT2D eigenvalue weighted by Crippen LogP contribution is 2.52. The minimum atomic E-state index is -0.772. The van der Waals surface area contributed by atoms with Crippen LogP contribution < -0.4 is 5.32 Å². The SMILES string of the molecule is C=CCOC(=O)C1=C(Sc2nc(C3=C[C@H](C)NC3)cs2)[C@H](C)[C@@H]2[C@@H]([C@@H](C)O)C(=O)N12. The van der Waals surface area contributed by atoms with Crippen LogP contribution in [0.25, 0.3) is 5.57 Å². The van der Waals surface area contributed by atoms with Crippen molar-refractivity contribution in [3.63, 3.8) is 0 Å². The average Bonchev–Trinajstić information content (AvgIpc) is 3.38. The number of nitrogens with zero attached hydrogens (tertiary/aromatic N) is 2. The third-order valence-electron chi connectivity index (χ3n) is 5.71. The lowest BCUT2D eigenvalue weighted by atomic mass is 9.79. The summed E-state index contributed by atoms with van der Waals surface area (Å²) in [6, 6.07) is 0.0849. The van der Waals surface area contributed by atoms with E-state index in [1.165, 1.54) is 34.1 Å². The van der Waals surface area contributed by atoms with E-state index in [0.29, 0.717) is 6.04 Å². The number of aliphatic hydroxyl groups is 1. The number of thioether (sulfide) groups is 1. The number of ether oxygens (including phenoxy) is 1. The lowest BCUT2D eigenvalue weighted by Gasteiger charge is -2.46. The minimum Gasteiger partial charge on any atom is -0.457 e. The van der Waals surface area contributed by atoms with E-state index in [2.05, 4.69) is 24.9 Å². The molecule has 9 heteroatoms. The molecule has 30 heavy (non-hydrogen) atoms. The summed E-state index contributed by atoms with van der Waals surface area (Å²) < 4.78 is 6.08. The first-order valence-electron chi connectivity index (χ1n) is 9.94. The van der Waals surface area contributed by atoms with Crippen molar-refractivity contribution in [2.45, 2.75) is 43.3 Å². The number of amides is 1. The fraction of sp³-hybridized carbons (Fsp3) is 0.476. The Hall–Kier alpha value is -1.94. The van der Waals surface area contributed by atoms with Gasteiger partial charge in [0.05, 0.1) is 23.8 Å². The molecule has 0 unspecified atom stereocenters. The molecule has 7 nitrogen and oxygen atoms in total. The molecule has 2 N–H and O–H groups in total. The van der Waals surface area contributed by atoms with Gasteiger partial charge in [0.15, 0.2) is 4.34 Å². The molecule has 4 heterocycles. The molecule has 1 fully saturated rings. The van der Waals surface area contributed by atoms with Crippen LogP contribution >= 0.6 is 23.1 Å². The van der Waals surface area contributed by atoms with Crippen LogP contribution in [0.2, 0.25) is 0 Å². The van der Waals surface area contributed by atoms with Crippen LogP contribution in [0.5, 0.6) is 0 Å². The number of carbonyl (C=O) groups excluding carboxylic acids is 2. The number of esters is 1. The molecule has 0 radical (unpaired) electrons. The Balaban J connectivity index is 1.63. The summed E-state index contributed by atoms with van der Waals surface area (Å²) in [7, 11) is 0. The molecule has 1 amide bonds. The van der Waals surface area contributed by atoms with Gasteiger partial charge in [0, 0.05) is 28.8 Å². The summed E-state index contributed by atoms with van der Waals surface area (Å²) >= 11 is 2.93. The summed E-state index contributed by atoms with van der Waals surface area (Å²) in [6.45, 7) is 10.1. The molecule has 0 saturated carbocycles. The number of thiazole rings is 1. The van der Waals surface area contributed by atoms with Crippen molar-refractivity contribution in [1.29, 1.82) is 0 Å². The summed E-state index contributed by atoms with van der Waals surface area (Å²) in [4.78, 5) is 32.5. The molecule has 0 aromatic carbocycles. The molecule has 0 aliphatic carbocycles. The molecule has 3 aliphatic rings. The van der Waals surface area contributed by atoms with Gasteiger partial charge in [0.25, 0.3) is 0 Å². The molecule has 3 aliphatic heterocycles. The molecule has 5 atom stereocenters. The van der Waals surface area contributed by atoms with Gasteiger partial charge in [-0.1, -0.05) is 37.4 Å². The lowest BCUT2D eigenvalue weighted by Crippen LogP contribution is -2.63. The van der Waals surface area contributed by atoms with E-state index in [9.17, 15) is 14.7 Å². The third kappa shape index (κ3) is 3.53. The van der Waals surface area contributed by atoms with E-state index in [1.54, 1.807) is 6.92 Å². The summed E-state index contributed by atoms with van der Waals surface area (Å²) in [5.41, 5.74) is 2.37. The van der Waals surface area contributed by atoms with Crippen LogP contribution in [-0.4, -0.2) is 58.2 Å². The highest BCUT2D eigenvalue weighted by Gasteiger charge is 2.60. The number of rotatable bonds is 7. The van der Waals surface area contributed by atoms with Gasteiger partial charge in [0.1, 0.15) is 12.3 Å². The number of hydrogen-bond acceptors (Lipinski definition) is 8.